The lowest BCUT2D eigenvalue weighted by Gasteiger charge is -2.44. The van der Waals surface area contributed by atoms with Gasteiger partial charge in [-0.25, -0.2) is 4.79 Å². The molecule has 0 aliphatic rings. The van der Waals surface area contributed by atoms with Gasteiger partial charge in [0.1, 0.15) is 6.15 Å². The molecule has 7 rings (SSSR count). The highest BCUT2D eigenvalue weighted by Gasteiger charge is 2.31. The van der Waals surface area contributed by atoms with E-state index in [0.717, 1.165) is 15.0 Å². The first-order chi connectivity index (χ1) is 22.1. The maximum atomic E-state index is 13.0. The van der Waals surface area contributed by atoms with Gasteiger partial charge in [0.15, 0.2) is 5.43 Å². The molecule has 0 spiro atoms. The third-order valence-electron chi connectivity index (χ3n) is 8.82. The number of hydrogen-bond donors (Lipinski definition) is 0. The topological polar surface area (TPSA) is 43.4 Å². The van der Waals surface area contributed by atoms with Gasteiger partial charge in [-0.15, -0.1) is 11.3 Å². The minimum atomic E-state index is -1.43. The van der Waals surface area contributed by atoms with Crippen LogP contribution >= 0.6 is 11.3 Å². The molecule has 0 saturated carbocycles. The molecule has 0 saturated heterocycles. The Morgan fingerprint density at radius 3 is 1.67 bits per heavy atom. The summed E-state index contributed by atoms with van der Waals surface area (Å²) in [7, 11) is 0. The Labute approximate surface area is 266 Å². The summed E-state index contributed by atoms with van der Waals surface area (Å²) in [5.74, 6) is -0.388. The van der Waals surface area contributed by atoms with Crippen molar-refractivity contribution < 1.29 is 9.53 Å². The maximum absolute atomic E-state index is 13.0. The van der Waals surface area contributed by atoms with E-state index in [0.29, 0.717) is 22.8 Å². The first-order valence-electron chi connectivity index (χ1n) is 15.2. The average molecular weight is 602 g/mol. The van der Waals surface area contributed by atoms with Gasteiger partial charge in [-0.3, -0.25) is 4.79 Å². The van der Waals surface area contributed by atoms with E-state index >= 15 is 0 Å². The fourth-order valence-corrected chi connectivity index (χ4v) is 7.74. The van der Waals surface area contributed by atoms with Crippen molar-refractivity contribution in [2.75, 3.05) is 6.61 Å². The van der Waals surface area contributed by atoms with Crippen LogP contribution in [0.1, 0.15) is 15.9 Å². The zero-order valence-corrected chi connectivity index (χ0v) is 25.5. The van der Waals surface area contributed by atoms with Gasteiger partial charge >= 0.3 is 5.97 Å². The van der Waals surface area contributed by atoms with Crippen LogP contribution in [0.5, 0.6) is 0 Å². The first kappa shape index (κ1) is 28.5. The summed E-state index contributed by atoms with van der Waals surface area (Å²) in [5, 5.41) is 1.32. The van der Waals surface area contributed by atoms with Gasteiger partial charge in [-0.05, 0) is 35.9 Å². The number of fused-ring (bicyclic) bond motifs is 2. The van der Waals surface area contributed by atoms with Crippen LogP contribution in [0.15, 0.2) is 163 Å². The summed E-state index contributed by atoms with van der Waals surface area (Å²) >= 11 is 1.51. The monoisotopic (exact) mass is 601 g/mol. The van der Waals surface area contributed by atoms with Crippen molar-refractivity contribution in [3.8, 4) is 0 Å². The predicted octanol–water partition coefficient (Wildman–Crippen LogP) is 6.19. The number of esters is 1. The van der Waals surface area contributed by atoms with Gasteiger partial charge in [-0.2, -0.15) is 21.9 Å². The number of carbonyl (C=O) groups is 1. The van der Waals surface area contributed by atoms with Crippen LogP contribution in [-0.4, -0.2) is 18.7 Å². The van der Waals surface area contributed by atoms with E-state index in [1.54, 1.807) is 18.2 Å². The molecule has 6 aromatic carbocycles. The van der Waals surface area contributed by atoms with Crippen molar-refractivity contribution in [3.63, 3.8) is 0 Å². The van der Waals surface area contributed by atoms with E-state index in [-0.39, 0.29) is 18.0 Å². The Bertz CT molecular complexity index is 2060. The molecule has 1 heterocycles. The highest BCUT2D eigenvalue weighted by molar-refractivity contribution is 7.24. The molecule has 0 unspecified atom stereocenters. The standard InChI is InChI=1S/C40H30BO3S/c42-39-35-18-10-11-19-37(35)45-38-28-30(22-25-36(38)39)40(43)44-27-26-29-20-23-34(24-21-29)41(31-12-4-1-5-13-31,32-14-6-2-7-15-32)33-16-8-3-9-17-33/h1-25,28H,26-27H2/q-1. The number of hydrogen-bond acceptors (Lipinski definition) is 4. The van der Waals surface area contributed by atoms with Crippen LogP contribution in [0.3, 0.4) is 0 Å². The van der Waals surface area contributed by atoms with Crippen molar-refractivity contribution in [3.05, 3.63) is 179 Å². The molecular weight excluding hydrogens is 571 g/mol. The van der Waals surface area contributed by atoms with E-state index in [1.165, 1.54) is 33.2 Å². The van der Waals surface area contributed by atoms with Crippen molar-refractivity contribution in [1.29, 1.82) is 0 Å². The third kappa shape index (κ3) is 5.37. The van der Waals surface area contributed by atoms with E-state index < -0.39 is 6.15 Å². The van der Waals surface area contributed by atoms with Crippen LogP contribution in [0.2, 0.25) is 0 Å². The second-order valence-electron chi connectivity index (χ2n) is 11.4. The van der Waals surface area contributed by atoms with Crippen LogP contribution in [0, 0.1) is 0 Å². The van der Waals surface area contributed by atoms with Crippen molar-refractivity contribution >= 4 is 65.5 Å². The lowest BCUT2D eigenvalue weighted by molar-refractivity contribution is 0.0509. The van der Waals surface area contributed by atoms with Crippen LogP contribution in [0.25, 0.3) is 20.2 Å². The second-order valence-corrected chi connectivity index (χ2v) is 12.4. The van der Waals surface area contributed by atoms with Gasteiger partial charge in [0, 0.05) is 26.6 Å². The summed E-state index contributed by atoms with van der Waals surface area (Å²) < 4.78 is 7.38. The quantitative estimate of drug-likeness (QED) is 0.119. The molecule has 0 bridgehead atoms. The molecule has 0 aliphatic heterocycles. The molecule has 5 heteroatoms. The Kier molecular flexibility index (Phi) is 7.85. The number of rotatable bonds is 8. The number of carbonyl (C=O) groups excluding carboxylic acids is 1. The Morgan fingerprint density at radius 2 is 1.07 bits per heavy atom. The molecule has 0 atom stereocenters. The second kappa shape index (κ2) is 12.4. The lowest BCUT2D eigenvalue weighted by atomic mass is 9.13. The van der Waals surface area contributed by atoms with E-state index in [2.05, 4.69) is 115 Å². The molecule has 218 valence electrons. The van der Waals surface area contributed by atoms with Gasteiger partial charge in [0.25, 0.3) is 0 Å². The molecule has 0 aliphatic carbocycles. The molecular formula is C40H30BO3S-. The fourth-order valence-electron chi connectivity index (χ4n) is 6.63. The van der Waals surface area contributed by atoms with Gasteiger partial charge in [-0.1, -0.05) is 127 Å². The molecule has 45 heavy (non-hydrogen) atoms. The SMILES string of the molecule is O=C(OCCc1ccc([B-](c2ccccc2)(c2ccccc2)c2ccccc2)cc1)c1ccc2c(=O)c3ccccc3sc2c1. The molecule has 3 nitrogen and oxygen atoms in total. The highest BCUT2D eigenvalue weighted by Crippen LogP contribution is 2.25. The summed E-state index contributed by atoms with van der Waals surface area (Å²) in [6, 6.07) is 53.7. The van der Waals surface area contributed by atoms with Crippen LogP contribution in [0.4, 0.5) is 0 Å². The van der Waals surface area contributed by atoms with Gasteiger partial charge in [0.05, 0.1) is 12.2 Å². The van der Waals surface area contributed by atoms with Crippen LogP contribution < -0.4 is 27.3 Å². The Hall–Kier alpha value is -5.26. The largest absolute Gasteiger partial charge is 0.462 e. The smallest absolute Gasteiger partial charge is 0.338 e. The summed E-state index contributed by atoms with van der Waals surface area (Å²) in [5.41, 5.74) is 6.51. The fraction of sp³-hybridized carbons (Fsp3) is 0.0500. The molecule has 1 aromatic heterocycles. The predicted molar refractivity (Wildman–Crippen MR) is 190 cm³/mol. The van der Waals surface area contributed by atoms with Crippen LogP contribution in [-0.2, 0) is 11.2 Å². The van der Waals surface area contributed by atoms with Crippen molar-refractivity contribution in [2.24, 2.45) is 0 Å². The minimum Gasteiger partial charge on any atom is -0.462 e. The molecule has 0 amide bonds. The molecule has 0 fully saturated rings. The Morgan fingerprint density at radius 1 is 0.556 bits per heavy atom. The normalized spacial score (nSPS) is 11.5. The zero-order valence-electron chi connectivity index (χ0n) is 24.6. The van der Waals surface area contributed by atoms with E-state index in [4.69, 9.17) is 4.74 Å². The minimum absolute atomic E-state index is 0.0140. The molecule has 7 aromatic rings. The highest BCUT2D eigenvalue weighted by atomic mass is 32.1. The van der Waals surface area contributed by atoms with E-state index in [1.807, 2.05) is 24.3 Å². The summed E-state index contributed by atoms with van der Waals surface area (Å²) in [6.07, 6.45) is -0.833. The molecule has 0 N–H and O–H groups in total. The number of ether oxygens (including phenoxy) is 1. The van der Waals surface area contributed by atoms with E-state index in [9.17, 15) is 9.59 Å². The third-order valence-corrected chi connectivity index (χ3v) is 9.95. The zero-order chi connectivity index (χ0) is 30.6. The lowest BCUT2D eigenvalue weighted by Crippen LogP contribution is -2.74. The Balaban J connectivity index is 1.14. The summed E-state index contributed by atoms with van der Waals surface area (Å²) in [4.78, 5) is 25.9. The molecule has 0 radical (unpaired) electrons. The summed E-state index contributed by atoms with van der Waals surface area (Å²) in [6.45, 7) is 0.260. The first-order valence-corrected chi connectivity index (χ1v) is 16.0. The van der Waals surface area contributed by atoms with Crippen molar-refractivity contribution in [1.82, 2.24) is 0 Å². The maximum Gasteiger partial charge on any atom is 0.338 e. The average Bonchev–Trinajstić information content (AvgIpc) is 3.10. The van der Waals surface area contributed by atoms with Gasteiger partial charge in [0.2, 0.25) is 0 Å². The van der Waals surface area contributed by atoms with Gasteiger partial charge < -0.3 is 4.74 Å². The number of benzene rings is 6. The van der Waals surface area contributed by atoms with Crippen molar-refractivity contribution in [2.45, 2.75) is 6.42 Å².